The fourth-order valence-electron chi connectivity index (χ4n) is 2.45. The largest absolute Gasteiger partial charge is 0.486 e. The summed E-state index contributed by atoms with van der Waals surface area (Å²) in [5, 5.41) is 5.97. The summed E-state index contributed by atoms with van der Waals surface area (Å²) in [5.74, 6) is -0.252. The minimum absolute atomic E-state index is 0.114. The van der Waals surface area contributed by atoms with Gasteiger partial charge in [-0.05, 0) is 42.8 Å². The number of amides is 2. The normalized spacial score (nSPS) is 13.9. The zero-order chi connectivity index (χ0) is 17.1. The van der Waals surface area contributed by atoms with Crippen molar-refractivity contribution in [1.29, 1.82) is 0 Å². The van der Waals surface area contributed by atoms with E-state index in [1.54, 1.807) is 18.2 Å². The molecule has 1 heterocycles. The second-order valence-corrected chi connectivity index (χ2v) is 5.80. The number of para-hydroxylation sites is 2. The topological polar surface area (TPSA) is 93.5 Å². The fraction of sp³-hybridized carbons (Fsp3) is 0.222. The molecule has 24 heavy (non-hydrogen) atoms. The van der Waals surface area contributed by atoms with Gasteiger partial charge in [0.15, 0.2) is 0 Å². The molecule has 1 aliphatic rings. The molecule has 1 aliphatic heterocycles. The van der Waals surface area contributed by atoms with Gasteiger partial charge in [0.25, 0.3) is 5.91 Å². The molecule has 4 N–H and O–H groups in total. The Kier molecular flexibility index (Phi) is 4.48. The number of rotatable bonds is 5. The lowest BCUT2D eigenvalue weighted by molar-refractivity contribution is 0.1000. The molecule has 6 nitrogen and oxygen atoms in total. The highest BCUT2D eigenvalue weighted by Gasteiger charge is 2.20. The highest BCUT2D eigenvalue weighted by molar-refractivity contribution is 6.06. The van der Waals surface area contributed by atoms with E-state index < -0.39 is 5.91 Å². The number of nitrogens with two attached hydrogens (primary N) is 1. The van der Waals surface area contributed by atoms with Crippen molar-refractivity contribution >= 4 is 17.5 Å². The van der Waals surface area contributed by atoms with Crippen LogP contribution in [-0.4, -0.2) is 31.0 Å². The third-order valence-electron chi connectivity index (χ3n) is 3.80. The van der Waals surface area contributed by atoms with E-state index in [-0.39, 0.29) is 12.0 Å². The maximum atomic E-state index is 12.5. The van der Waals surface area contributed by atoms with Gasteiger partial charge in [0, 0.05) is 24.2 Å². The van der Waals surface area contributed by atoms with Crippen LogP contribution in [0.3, 0.4) is 0 Å². The molecular weight excluding hydrogens is 306 g/mol. The van der Waals surface area contributed by atoms with Crippen molar-refractivity contribution in [2.24, 2.45) is 5.73 Å². The summed E-state index contributed by atoms with van der Waals surface area (Å²) < 4.78 is 5.85. The van der Waals surface area contributed by atoms with Crippen LogP contribution in [0.1, 0.15) is 26.3 Å². The Labute approximate surface area is 140 Å². The summed E-state index contributed by atoms with van der Waals surface area (Å²) in [6, 6.07) is 12.1. The van der Waals surface area contributed by atoms with Crippen LogP contribution in [0.2, 0.25) is 0 Å². The first kappa shape index (κ1) is 16.0. The van der Waals surface area contributed by atoms with Gasteiger partial charge in [-0.1, -0.05) is 12.1 Å². The highest BCUT2D eigenvalue weighted by Crippen LogP contribution is 2.26. The van der Waals surface area contributed by atoms with Crippen LogP contribution in [-0.2, 0) is 0 Å². The van der Waals surface area contributed by atoms with Crippen molar-refractivity contribution in [3.8, 4) is 5.75 Å². The maximum absolute atomic E-state index is 12.5. The molecule has 0 saturated carbocycles. The first-order valence-corrected chi connectivity index (χ1v) is 7.72. The molecule has 0 aliphatic carbocycles. The maximum Gasteiger partial charge on any atom is 0.255 e. The molecule has 2 amide bonds. The third-order valence-corrected chi connectivity index (χ3v) is 3.80. The van der Waals surface area contributed by atoms with Crippen molar-refractivity contribution in [3.63, 3.8) is 0 Å². The predicted molar refractivity (Wildman–Crippen MR) is 91.4 cm³/mol. The van der Waals surface area contributed by atoms with Gasteiger partial charge in [-0.15, -0.1) is 0 Å². The van der Waals surface area contributed by atoms with Crippen molar-refractivity contribution in [3.05, 3.63) is 59.2 Å². The second kappa shape index (κ2) is 6.72. The van der Waals surface area contributed by atoms with E-state index >= 15 is 0 Å². The van der Waals surface area contributed by atoms with Gasteiger partial charge >= 0.3 is 0 Å². The van der Waals surface area contributed by atoms with Gasteiger partial charge in [0.05, 0.1) is 5.69 Å². The molecule has 0 atom stereocenters. The van der Waals surface area contributed by atoms with Crippen molar-refractivity contribution in [1.82, 2.24) is 5.32 Å². The Bertz CT molecular complexity index is 785. The lowest BCUT2D eigenvalue weighted by Gasteiger charge is -2.28. The van der Waals surface area contributed by atoms with Crippen LogP contribution in [0.5, 0.6) is 5.75 Å². The number of primary amides is 1. The number of benzene rings is 2. The van der Waals surface area contributed by atoms with Crippen molar-refractivity contribution in [2.45, 2.75) is 13.0 Å². The SMILES string of the molecule is Cc1cc(C(N)=O)cc(C(=O)Nc2ccccc2OC2CNC2)c1. The molecule has 0 aromatic heterocycles. The molecule has 0 bridgehead atoms. The number of anilines is 1. The van der Waals surface area contributed by atoms with Crippen LogP contribution in [0.25, 0.3) is 0 Å². The van der Waals surface area contributed by atoms with E-state index in [2.05, 4.69) is 10.6 Å². The van der Waals surface area contributed by atoms with Gasteiger partial charge in [-0.3, -0.25) is 9.59 Å². The lowest BCUT2D eigenvalue weighted by atomic mass is 10.1. The molecule has 0 unspecified atom stereocenters. The lowest BCUT2D eigenvalue weighted by Crippen LogP contribution is -2.50. The molecule has 3 rings (SSSR count). The Morgan fingerprint density at radius 3 is 2.54 bits per heavy atom. The molecule has 6 heteroatoms. The van der Waals surface area contributed by atoms with Crippen molar-refractivity contribution < 1.29 is 14.3 Å². The number of hydrogen-bond donors (Lipinski definition) is 3. The molecule has 0 radical (unpaired) electrons. The zero-order valence-electron chi connectivity index (χ0n) is 13.3. The second-order valence-electron chi connectivity index (χ2n) is 5.80. The summed E-state index contributed by atoms with van der Waals surface area (Å²) in [6.45, 7) is 3.40. The molecule has 0 spiro atoms. The third kappa shape index (κ3) is 3.55. The molecular formula is C18H19N3O3. The average Bonchev–Trinajstić information content (AvgIpc) is 2.51. The van der Waals surface area contributed by atoms with Crippen LogP contribution in [0, 0.1) is 6.92 Å². The molecule has 2 aromatic carbocycles. The number of carbonyl (C=O) groups excluding carboxylic acids is 2. The number of aryl methyl sites for hydroxylation is 1. The summed E-state index contributed by atoms with van der Waals surface area (Å²) in [6.07, 6.45) is 0.114. The summed E-state index contributed by atoms with van der Waals surface area (Å²) >= 11 is 0. The van der Waals surface area contributed by atoms with Crippen LogP contribution >= 0.6 is 0 Å². The number of nitrogens with one attached hydrogen (secondary N) is 2. The molecule has 1 saturated heterocycles. The van der Waals surface area contributed by atoms with Crippen LogP contribution < -0.4 is 21.1 Å². The Balaban J connectivity index is 1.81. The van der Waals surface area contributed by atoms with Crippen molar-refractivity contribution in [2.75, 3.05) is 18.4 Å². The van der Waals surface area contributed by atoms with E-state index in [0.717, 1.165) is 18.7 Å². The van der Waals surface area contributed by atoms with Gasteiger partial charge in [-0.2, -0.15) is 0 Å². The first-order chi connectivity index (χ1) is 11.5. The standard InChI is InChI=1S/C18H19N3O3/c1-11-6-12(17(19)22)8-13(7-11)18(23)21-15-4-2-3-5-16(15)24-14-9-20-10-14/h2-8,14,20H,9-10H2,1H3,(H2,19,22)(H,21,23). The van der Waals surface area contributed by atoms with Crippen LogP contribution in [0.4, 0.5) is 5.69 Å². The Morgan fingerprint density at radius 1 is 1.17 bits per heavy atom. The monoisotopic (exact) mass is 325 g/mol. The summed E-state index contributed by atoms with van der Waals surface area (Å²) in [5.41, 5.74) is 7.38. The Hall–Kier alpha value is -2.86. The fourth-order valence-corrected chi connectivity index (χ4v) is 2.45. The molecule has 2 aromatic rings. The van der Waals surface area contributed by atoms with Gasteiger partial charge in [0.2, 0.25) is 5.91 Å². The molecule has 124 valence electrons. The van der Waals surface area contributed by atoms with E-state index in [9.17, 15) is 9.59 Å². The smallest absolute Gasteiger partial charge is 0.255 e. The van der Waals surface area contributed by atoms with Gasteiger partial charge < -0.3 is 21.1 Å². The van der Waals surface area contributed by atoms with Gasteiger partial charge in [-0.25, -0.2) is 0 Å². The summed E-state index contributed by atoms with van der Waals surface area (Å²) in [7, 11) is 0. The number of hydrogen-bond acceptors (Lipinski definition) is 4. The average molecular weight is 325 g/mol. The van der Waals surface area contributed by atoms with E-state index in [0.29, 0.717) is 22.6 Å². The highest BCUT2D eigenvalue weighted by atomic mass is 16.5. The van der Waals surface area contributed by atoms with E-state index in [4.69, 9.17) is 10.5 Å². The zero-order valence-corrected chi connectivity index (χ0v) is 13.3. The van der Waals surface area contributed by atoms with E-state index in [1.807, 2.05) is 25.1 Å². The predicted octanol–water partition coefficient (Wildman–Crippen LogP) is 1.70. The minimum atomic E-state index is -0.561. The van der Waals surface area contributed by atoms with Crippen LogP contribution in [0.15, 0.2) is 42.5 Å². The van der Waals surface area contributed by atoms with Gasteiger partial charge in [0.1, 0.15) is 11.9 Å². The summed E-state index contributed by atoms with van der Waals surface area (Å²) in [4.78, 5) is 23.9. The molecule has 1 fully saturated rings. The number of ether oxygens (including phenoxy) is 1. The minimum Gasteiger partial charge on any atom is -0.486 e. The Morgan fingerprint density at radius 2 is 1.88 bits per heavy atom. The number of carbonyl (C=O) groups is 2. The van der Waals surface area contributed by atoms with E-state index in [1.165, 1.54) is 6.07 Å². The quantitative estimate of drug-likeness (QED) is 0.780. The first-order valence-electron chi connectivity index (χ1n) is 7.72.